The van der Waals surface area contributed by atoms with E-state index in [4.69, 9.17) is 19.9 Å². The predicted octanol–water partition coefficient (Wildman–Crippen LogP) is 1.65. The molecule has 0 unspecified atom stereocenters. The molecule has 2 N–H and O–H groups in total. The van der Waals surface area contributed by atoms with Crippen molar-refractivity contribution < 1.29 is 19.0 Å². The Balaban J connectivity index is 2.46. The van der Waals surface area contributed by atoms with Crippen LogP contribution in [0.1, 0.15) is 17.4 Å². The largest absolute Gasteiger partial charge is 0.497 e. The van der Waals surface area contributed by atoms with Crippen LogP contribution >= 0.6 is 0 Å². The van der Waals surface area contributed by atoms with Crippen LogP contribution in [0.2, 0.25) is 0 Å². The molecule has 0 fully saturated rings. The van der Waals surface area contributed by atoms with Crippen molar-refractivity contribution in [1.29, 1.82) is 0 Å². The average molecular weight is 291 g/mol. The van der Waals surface area contributed by atoms with Crippen molar-refractivity contribution in [2.45, 2.75) is 6.92 Å². The number of benzene rings is 1. The third kappa shape index (κ3) is 2.76. The zero-order valence-corrected chi connectivity index (χ0v) is 12.1. The monoisotopic (exact) mass is 291 g/mol. The Morgan fingerprint density at radius 2 is 2.10 bits per heavy atom. The van der Waals surface area contributed by atoms with Gasteiger partial charge in [0.25, 0.3) is 0 Å². The van der Waals surface area contributed by atoms with E-state index >= 15 is 0 Å². The van der Waals surface area contributed by atoms with E-state index in [9.17, 15) is 4.79 Å². The molecule has 1 aromatic heterocycles. The van der Waals surface area contributed by atoms with Gasteiger partial charge in [-0.15, -0.1) is 0 Å². The van der Waals surface area contributed by atoms with Gasteiger partial charge in [0.05, 0.1) is 26.5 Å². The Bertz CT molecular complexity index is 652. The number of carbonyl (C=O) groups excluding carboxylic acids is 1. The number of esters is 1. The second kappa shape index (κ2) is 6.17. The molecule has 1 heterocycles. The van der Waals surface area contributed by atoms with Gasteiger partial charge in [0.2, 0.25) is 0 Å². The van der Waals surface area contributed by atoms with E-state index in [-0.39, 0.29) is 18.1 Å². The molecular weight excluding hydrogens is 274 g/mol. The first-order valence-corrected chi connectivity index (χ1v) is 6.34. The Hall–Kier alpha value is -2.70. The molecule has 0 amide bonds. The third-order valence-corrected chi connectivity index (χ3v) is 2.92. The summed E-state index contributed by atoms with van der Waals surface area (Å²) in [7, 11) is 3.11. The Morgan fingerprint density at radius 3 is 2.71 bits per heavy atom. The van der Waals surface area contributed by atoms with Gasteiger partial charge in [-0.3, -0.25) is 4.57 Å². The molecule has 7 nitrogen and oxygen atoms in total. The van der Waals surface area contributed by atoms with Crippen molar-refractivity contribution >= 4 is 11.8 Å². The molecule has 0 bridgehead atoms. The molecule has 0 atom stereocenters. The van der Waals surface area contributed by atoms with Crippen molar-refractivity contribution in [2.75, 3.05) is 26.6 Å². The highest BCUT2D eigenvalue weighted by atomic mass is 16.5. The topological polar surface area (TPSA) is 88.6 Å². The van der Waals surface area contributed by atoms with Crippen LogP contribution in [0.5, 0.6) is 11.5 Å². The van der Waals surface area contributed by atoms with Gasteiger partial charge in [0.15, 0.2) is 5.69 Å². The van der Waals surface area contributed by atoms with Crippen LogP contribution in [0.15, 0.2) is 24.5 Å². The van der Waals surface area contributed by atoms with Crippen LogP contribution in [0, 0.1) is 0 Å². The van der Waals surface area contributed by atoms with Gasteiger partial charge in [0.1, 0.15) is 23.6 Å². The first-order valence-electron chi connectivity index (χ1n) is 6.34. The van der Waals surface area contributed by atoms with Crippen LogP contribution in [0.3, 0.4) is 0 Å². The number of anilines is 1. The highest BCUT2D eigenvalue weighted by Gasteiger charge is 2.19. The maximum absolute atomic E-state index is 11.7. The minimum atomic E-state index is -0.554. The maximum Gasteiger partial charge on any atom is 0.360 e. The minimum Gasteiger partial charge on any atom is -0.497 e. The quantitative estimate of drug-likeness (QED) is 0.843. The normalized spacial score (nSPS) is 10.2. The van der Waals surface area contributed by atoms with Crippen LogP contribution in [0.25, 0.3) is 5.69 Å². The fourth-order valence-corrected chi connectivity index (χ4v) is 1.89. The summed E-state index contributed by atoms with van der Waals surface area (Å²) in [5.41, 5.74) is 6.70. The fraction of sp³-hybridized carbons (Fsp3) is 0.286. The van der Waals surface area contributed by atoms with Gasteiger partial charge in [-0.25, -0.2) is 9.78 Å². The number of hydrogen-bond acceptors (Lipinski definition) is 6. The van der Waals surface area contributed by atoms with E-state index in [1.54, 1.807) is 36.8 Å². The van der Waals surface area contributed by atoms with Gasteiger partial charge < -0.3 is 19.9 Å². The number of nitrogens with two attached hydrogens (primary N) is 1. The maximum atomic E-state index is 11.7. The lowest BCUT2D eigenvalue weighted by Gasteiger charge is -2.12. The van der Waals surface area contributed by atoms with Gasteiger partial charge in [0, 0.05) is 6.07 Å². The molecule has 112 valence electrons. The highest BCUT2D eigenvalue weighted by Crippen LogP contribution is 2.30. The Kier molecular flexibility index (Phi) is 4.32. The molecule has 0 aliphatic heterocycles. The smallest absolute Gasteiger partial charge is 0.360 e. The summed E-state index contributed by atoms with van der Waals surface area (Å²) < 4.78 is 16.9. The van der Waals surface area contributed by atoms with Gasteiger partial charge in [-0.05, 0) is 19.1 Å². The Morgan fingerprint density at radius 1 is 1.33 bits per heavy atom. The van der Waals surface area contributed by atoms with Gasteiger partial charge in [-0.2, -0.15) is 0 Å². The summed E-state index contributed by atoms with van der Waals surface area (Å²) in [6.45, 7) is 1.98. The first-order chi connectivity index (χ1) is 10.1. The molecule has 0 radical (unpaired) electrons. The number of nitrogens with zero attached hydrogens (tertiary/aromatic N) is 2. The molecule has 21 heavy (non-hydrogen) atoms. The van der Waals surface area contributed by atoms with Crippen molar-refractivity contribution in [3.05, 3.63) is 30.2 Å². The highest BCUT2D eigenvalue weighted by molar-refractivity contribution is 5.92. The van der Waals surface area contributed by atoms with E-state index in [1.807, 2.05) is 0 Å². The second-order valence-corrected chi connectivity index (χ2v) is 4.11. The van der Waals surface area contributed by atoms with Crippen molar-refractivity contribution in [2.24, 2.45) is 0 Å². The van der Waals surface area contributed by atoms with Crippen LogP contribution in [-0.4, -0.2) is 36.3 Å². The summed E-state index contributed by atoms with van der Waals surface area (Å²) in [6, 6.07) is 5.25. The summed E-state index contributed by atoms with van der Waals surface area (Å²) >= 11 is 0. The number of imidazole rings is 1. The van der Waals surface area contributed by atoms with Crippen LogP contribution in [0.4, 0.5) is 5.82 Å². The van der Waals surface area contributed by atoms with Crippen LogP contribution < -0.4 is 15.2 Å². The molecule has 0 aliphatic carbocycles. The molecular formula is C14H17N3O4. The fourth-order valence-electron chi connectivity index (χ4n) is 1.89. The summed E-state index contributed by atoms with van der Waals surface area (Å²) in [4.78, 5) is 15.7. The van der Waals surface area contributed by atoms with E-state index in [1.165, 1.54) is 13.4 Å². The summed E-state index contributed by atoms with van der Waals surface area (Å²) in [5, 5.41) is 0. The lowest BCUT2D eigenvalue weighted by atomic mass is 10.2. The Labute approximate surface area is 122 Å². The number of nitrogen functional groups attached to an aromatic ring is 1. The first kappa shape index (κ1) is 14.7. The van der Waals surface area contributed by atoms with Crippen molar-refractivity contribution in [1.82, 2.24) is 9.55 Å². The number of aromatic nitrogens is 2. The average Bonchev–Trinajstić information content (AvgIpc) is 2.88. The van der Waals surface area contributed by atoms with E-state index in [0.717, 1.165) is 0 Å². The van der Waals surface area contributed by atoms with Crippen molar-refractivity contribution in [3.63, 3.8) is 0 Å². The molecule has 0 aliphatic rings. The van der Waals surface area contributed by atoms with Gasteiger partial charge >= 0.3 is 5.97 Å². The van der Waals surface area contributed by atoms with Gasteiger partial charge in [-0.1, -0.05) is 0 Å². The molecule has 7 heteroatoms. The lowest BCUT2D eigenvalue weighted by Crippen LogP contribution is -2.09. The standard InChI is InChI=1S/C14H17N3O4/c1-4-21-14(18)12-13(15)17(8-16-12)10-6-5-9(19-2)7-11(10)20-3/h5-8H,4,15H2,1-3H3. The third-order valence-electron chi connectivity index (χ3n) is 2.92. The zero-order chi connectivity index (χ0) is 15.4. The summed E-state index contributed by atoms with van der Waals surface area (Å²) in [6.07, 6.45) is 1.45. The number of rotatable bonds is 5. The van der Waals surface area contributed by atoms with E-state index in [0.29, 0.717) is 17.2 Å². The van der Waals surface area contributed by atoms with E-state index < -0.39 is 5.97 Å². The number of hydrogen-bond donors (Lipinski definition) is 1. The second-order valence-electron chi connectivity index (χ2n) is 4.11. The van der Waals surface area contributed by atoms with E-state index in [2.05, 4.69) is 4.98 Å². The number of ether oxygens (including phenoxy) is 3. The predicted molar refractivity (Wildman–Crippen MR) is 77.0 cm³/mol. The summed E-state index contributed by atoms with van der Waals surface area (Å²) in [5.74, 6) is 0.840. The number of methoxy groups -OCH3 is 2. The SMILES string of the molecule is CCOC(=O)c1ncn(-c2ccc(OC)cc2OC)c1N. The zero-order valence-electron chi connectivity index (χ0n) is 12.1. The molecule has 0 spiro atoms. The molecule has 2 aromatic rings. The van der Waals surface area contributed by atoms with Crippen molar-refractivity contribution in [3.8, 4) is 17.2 Å². The molecule has 2 rings (SSSR count). The molecule has 1 aromatic carbocycles. The minimum absolute atomic E-state index is 0.0784. The molecule has 0 saturated heterocycles. The van der Waals surface area contributed by atoms with Crippen LogP contribution in [-0.2, 0) is 4.74 Å². The lowest BCUT2D eigenvalue weighted by molar-refractivity contribution is 0.0521. The number of carbonyl (C=O) groups is 1. The molecule has 0 saturated carbocycles.